The summed E-state index contributed by atoms with van der Waals surface area (Å²) in [7, 11) is -4.50. The fraction of sp³-hybridized carbons (Fsp3) is 0.917. The third kappa shape index (κ3) is 33.1. The number of ether oxygens (including phenoxy) is 2. The lowest BCUT2D eigenvalue weighted by molar-refractivity contribution is -0.154. The van der Waals surface area contributed by atoms with Crippen molar-refractivity contribution in [2.24, 2.45) is 0 Å². The van der Waals surface area contributed by atoms with Gasteiger partial charge in [-0.25, -0.2) is 4.57 Å². The Morgan fingerprint density at radius 1 is 0.652 bits per heavy atom. The number of allylic oxidation sites excluding steroid dienone is 2. The number of esters is 1. The summed E-state index contributed by atoms with van der Waals surface area (Å²) in [6, 6.07) is 0. The Morgan fingerprint density at radius 3 is 1.63 bits per heavy atom. The first-order valence-corrected chi connectivity index (χ1v) is 20.2. The first-order chi connectivity index (χ1) is 22.3. The first-order valence-electron chi connectivity index (χ1n) is 18.7. The van der Waals surface area contributed by atoms with E-state index in [0.29, 0.717) is 6.61 Å². The van der Waals surface area contributed by atoms with E-state index in [0.717, 1.165) is 57.8 Å². The number of aliphatic hydroxyl groups is 2. The van der Waals surface area contributed by atoms with Gasteiger partial charge < -0.3 is 24.6 Å². The SMILES string of the molecule is CCCCCCCCC/C=C\CCCCCCCC(=O)OC(COCCCCCCCCCCC)COP(=O)(O)OCC(O)CO. The molecule has 0 bridgehead atoms. The van der Waals surface area contributed by atoms with Crippen molar-refractivity contribution in [1.82, 2.24) is 0 Å². The molecular weight excluding hydrogens is 607 g/mol. The van der Waals surface area contributed by atoms with Crippen LogP contribution in [-0.2, 0) is 27.9 Å². The van der Waals surface area contributed by atoms with E-state index in [1.807, 2.05) is 0 Å². The molecule has 0 aromatic rings. The smallest absolute Gasteiger partial charge is 0.457 e. The fourth-order valence-electron chi connectivity index (χ4n) is 5.05. The molecule has 274 valence electrons. The van der Waals surface area contributed by atoms with Gasteiger partial charge >= 0.3 is 13.8 Å². The average Bonchev–Trinajstić information content (AvgIpc) is 3.04. The molecule has 0 fully saturated rings. The summed E-state index contributed by atoms with van der Waals surface area (Å²) in [5, 5.41) is 18.2. The molecule has 0 spiro atoms. The molecule has 3 N–H and O–H groups in total. The molecule has 0 rings (SSSR count). The number of phosphoric ester groups is 1. The average molecular weight is 679 g/mol. The van der Waals surface area contributed by atoms with Gasteiger partial charge in [-0.15, -0.1) is 0 Å². The van der Waals surface area contributed by atoms with Gasteiger partial charge in [-0.3, -0.25) is 13.8 Å². The standard InChI is InChI=1S/C36H71O9P/c1-3-5-7-9-11-13-14-15-16-17-18-19-20-22-24-26-28-36(39)45-35(33-44-46(40,41)43-31-34(38)30-37)32-42-29-27-25-23-21-12-10-8-6-4-2/h16-17,34-35,37-38H,3-15,18-33H2,1-2H3,(H,40,41)/b17-16-. The van der Waals surface area contributed by atoms with Gasteiger partial charge in [0, 0.05) is 13.0 Å². The Balaban J connectivity index is 4.21. The monoisotopic (exact) mass is 678 g/mol. The number of rotatable bonds is 36. The number of carbonyl (C=O) groups is 1. The second-order valence-electron chi connectivity index (χ2n) is 12.6. The van der Waals surface area contributed by atoms with Crippen LogP contribution in [0.25, 0.3) is 0 Å². The van der Waals surface area contributed by atoms with Crippen molar-refractivity contribution in [3.8, 4) is 0 Å². The molecule has 0 heterocycles. The van der Waals surface area contributed by atoms with Crippen LogP contribution in [0.4, 0.5) is 0 Å². The summed E-state index contributed by atoms with van der Waals surface area (Å²) in [6.07, 6.45) is 30.3. The fourth-order valence-corrected chi connectivity index (χ4v) is 5.84. The van der Waals surface area contributed by atoms with E-state index in [1.165, 1.54) is 89.9 Å². The quantitative estimate of drug-likeness (QED) is 0.0257. The van der Waals surface area contributed by atoms with Crippen molar-refractivity contribution >= 4 is 13.8 Å². The lowest BCUT2D eigenvalue weighted by atomic mass is 10.1. The number of aliphatic hydroxyl groups excluding tert-OH is 2. The van der Waals surface area contributed by atoms with E-state index in [-0.39, 0.29) is 19.6 Å². The minimum absolute atomic E-state index is 0.0501. The highest BCUT2D eigenvalue weighted by atomic mass is 31.2. The van der Waals surface area contributed by atoms with E-state index in [2.05, 4.69) is 26.0 Å². The Hall–Kier alpha value is -0.800. The third-order valence-electron chi connectivity index (χ3n) is 7.95. The lowest BCUT2D eigenvalue weighted by Crippen LogP contribution is -2.29. The van der Waals surface area contributed by atoms with Crippen molar-refractivity contribution in [2.75, 3.05) is 33.0 Å². The van der Waals surface area contributed by atoms with E-state index < -0.39 is 39.2 Å². The zero-order chi connectivity index (χ0) is 34.0. The highest BCUT2D eigenvalue weighted by molar-refractivity contribution is 7.47. The summed E-state index contributed by atoms with van der Waals surface area (Å²) in [4.78, 5) is 22.4. The van der Waals surface area contributed by atoms with Crippen LogP contribution < -0.4 is 0 Å². The van der Waals surface area contributed by atoms with Crippen molar-refractivity contribution < 1.29 is 43.0 Å². The van der Waals surface area contributed by atoms with Crippen LogP contribution in [0.15, 0.2) is 12.2 Å². The van der Waals surface area contributed by atoms with Crippen LogP contribution in [-0.4, -0.2) is 66.3 Å². The Morgan fingerprint density at radius 2 is 1.11 bits per heavy atom. The number of carbonyl (C=O) groups excluding carboxylic acids is 1. The van der Waals surface area contributed by atoms with Crippen LogP contribution in [0.1, 0.15) is 168 Å². The molecule has 10 heteroatoms. The second kappa shape index (κ2) is 34.1. The molecule has 46 heavy (non-hydrogen) atoms. The number of hydrogen-bond acceptors (Lipinski definition) is 8. The molecule has 0 amide bonds. The topological polar surface area (TPSA) is 132 Å². The highest BCUT2D eigenvalue weighted by Crippen LogP contribution is 2.43. The largest absolute Gasteiger partial charge is 0.472 e. The summed E-state index contributed by atoms with van der Waals surface area (Å²) < 4.78 is 33.1. The third-order valence-corrected chi connectivity index (χ3v) is 8.90. The summed E-state index contributed by atoms with van der Waals surface area (Å²) in [5.41, 5.74) is 0. The molecule has 0 radical (unpaired) electrons. The number of hydrogen-bond donors (Lipinski definition) is 3. The molecule has 0 saturated heterocycles. The maximum absolute atomic E-state index is 12.5. The molecule has 0 aliphatic rings. The van der Waals surface area contributed by atoms with Gasteiger partial charge in [0.05, 0.1) is 26.4 Å². The molecule has 0 aromatic carbocycles. The summed E-state index contributed by atoms with van der Waals surface area (Å²) >= 11 is 0. The second-order valence-corrected chi connectivity index (χ2v) is 14.1. The molecule has 9 nitrogen and oxygen atoms in total. The number of phosphoric acid groups is 1. The normalized spacial score (nSPS) is 14.5. The van der Waals surface area contributed by atoms with Crippen molar-refractivity contribution in [2.45, 2.75) is 180 Å². The molecule has 0 aliphatic heterocycles. The Labute approximate surface area is 281 Å². The first kappa shape index (κ1) is 45.2. The Kier molecular flexibility index (Phi) is 33.5. The van der Waals surface area contributed by atoms with E-state index in [1.54, 1.807) is 0 Å². The van der Waals surface area contributed by atoms with Gasteiger partial charge in [0.2, 0.25) is 0 Å². The van der Waals surface area contributed by atoms with Crippen molar-refractivity contribution in [3.63, 3.8) is 0 Å². The lowest BCUT2D eigenvalue weighted by Gasteiger charge is -2.20. The van der Waals surface area contributed by atoms with Crippen LogP contribution >= 0.6 is 7.82 Å². The van der Waals surface area contributed by atoms with Crippen LogP contribution in [0, 0.1) is 0 Å². The van der Waals surface area contributed by atoms with Crippen molar-refractivity contribution in [1.29, 1.82) is 0 Å². The van der Waals surface area contributed by atoms with Crippen LogP contribution in [0.3, 0.4) is 0 Å². The molecule has 0 aliphatic carbocycles. The van der Waals surface area contributed by atoms with Gasteiger partial charge in [-0.05, 0) is 38.5 Å². The van der Waals surface area contributed by atoms with Crippen molar-refractivity contribution in [3.05, 3.63) is 12.2 Å². The van der Waals surface area contributed by atoms with Crippen LogP contribution in [0.5, 0.6) is 0 Å². The molecule has 0 saturated carbocycles. The zero-order valence-corrected chi connectivity index (χ0v) is 30.4. The van der Waals surface area contributed by atoms with Gasteiger partial charge in [0.1, 0.15) is 12.2 Å². The van der Waals surface area contributed by atoms with E-state index in [4.69, 9.17) is 23.6 Å². The maximum atomic E-state index is 12.5. The zero-order valence-electron chi connectivity index (χ0n) is 29.6. The van der Waals surface area contributed by atoms with Gasteiger partial charge in [-0.2, -0.15) is 0 Å². The molecule has 0 aromatic heterocycles. The highest BCUT2D eigenvalue weighted by Gasteiger charge is 2.26. The van der Waals surface area contributed by atoms with E-state index >= 15 is 0 Å². The Bertz CT molecular complexity index is 734. The predicted molar refractivity (Wildman–Crippen MR) is 187 cm³/mol. The summed E-state index contributed by atoms with van der Waals surface area (Å²) in [5.74, 6) is -0.391. The van der Waals surface area contributed by atoms with E-state index in [9.17, 15) is 19.4 Å². The molecule has 3 atom stereocenters. The summed E-state index contributed by atoms with van der Waals surface area (Å²) in [6.45, 7) is 3.49. The minimum atomic E-state index is -4.50. The minimum Gasteiger partial charge on any atom is -0.457 e. The number of unbranched alkanes of at least 4 members (excludes halogenated alkanes) is 20. The molecular formula is C36H71O9P. The molecule has 3 unspecified atom stereocenters. The van der Waals surface area contributed by atoms with Gasteiger partial charge in [0.15, 0.2) is 0 Å². The van der Waals surface area contributed by atoms with Crippen LogP contribution in [0.2, 0.25) is 0 Å². The van der Waals surface area contributed by atoms with Gasteiger partial charge in [-0.1, -0.05) is 135 Å². The van der Waals surface area contributed by atoms with Gasteiger partial charge in [0.25, 0.3) is 0 Å². The maximum Gasteiger partial charge on any atom is 0.472 e. The predicted octanol–water partition coefficient (Wildman–Crippen LogP) is 9.36.